The van der Waals surface area contributed by atoms with Gasteiger partial charge in [-0.15, -0.1) is 11.3 Å². The summed E-state index contributed by atoms with van der Waals surface area (Å²) < 4.78 is 5.52. The SMILES string of the molecule is CCCCCCCCCCOC(=O)c1c(N)sc(N)c1CCCCCCCCCC.O=C=O. The van der Waals surface area contributed by atoms with E-state index in [0.717, 1.165) is 31.2 Å². The molecule has 0 fully saturated rings. The number of nitrogen functional groups attached to an aromatic ring is 2. The van der Waals surface area contributed by atoms with Gasteiger partial charge in [-0.2, -0.15) is 9.59 Å². The number of thiophene rings is 1. The Morgan fingerprint density at radius 2 is 1.15 bits per heavy atom. The topological polar surface area (TPSA) is 112 Å². The van der Waals surface area contributed by atoms with Crippen LogP contribution in [0.25, 0.3) is 0 Å². The van der Waals surface area contributed by atoms with E-state index in [2.05, 4.69) is 13.8 Å². The first-order valence-corrected chi connectivity index (χ1v) is 13.7. The molecule has 0 bridgehead atoms. The van der Waals surface area contributed by atoms with Gasteiger partial charge in [0.2, 0.25) is 0 Å². The van der Waals surface area contributed by atoms with Gasteiger partial charge in [-0.3, -0.25) is 0 Å². The van der Waals surface area contributed by atoms with Crippen LogP contribution < -0.4 is 11.5 Å². The Labute approximate surface area is 204 Å². The zero-order valence-corrected chi connectivity index (χ0v) is 21.7. The lowest BCUT2D eigenvalue weighted by Gasteiger charge is -2.08. The Bertz CT molecular complexity index is 655. The third-order valence-corrected chi connectivity index (χ3v) is 6.67. The number of nitrogens with two attached hydrogens (primary N) is 2. The highest BCUT2D eigenvalue weighted by Crippen LogP contribution is 2.35. The lowest BCUT2D eigenvalue weighted by molar-refractivity contribution is -0.191. The van der Waals surface area contributed by atoms with Crippen molar-refractivity contribution in [2.75, 3.05) is 18.1 Å². The van der Waals surface area contributed by atoms with Gasteiger partial charge >= 0.3 is 12.1 Å². The van der Waals surface area contributed by atoms with Crippen LogP contribution in [0.3, 0.4) is 0 Å². The molecule has 0 aliphatic heterocycles. The molecule has 0 unspecified atom stereocenters. The molecule has 1 heterocycles. The van der Waals surface area contributed by atoms with Gasteiger partial charge in [0.1, 0.15) is 5.00 Å². The van der Waals surface area contributed by atoms with E-state index in [9.17, 15) is 4.79 Å². The highest BCUT2D eigenvalue weighted by molar-refractivity contribution is 7.20. The molecule has 0 amide bonds. The van der Waals surface area contributed by atoms with E-state index in [1.165, 1.54) is 94.8 Å². The van der Waals surface area contributed by atoms with Crippen molar-refractivity contribution in [2.45, 2.75) is 123 Å². The van der Waals surface area contributed by atoms with Crippen LogP contribution in [0.1, 0.15) is 133 Å². The summed E-state index contributed by atoms with van der Waals surface area (Å²) in [6, 6.07) is 0. The number of anilines is 2. The molecule has 0 saturated carbocycles. The second-order valence-corrected chi connectivity index (χ2v) is 9.69. The van der Waals surface area contributed by atoms with E-state index < -0.39 is 0 Å². The van der Waals surface area contributed by atoms with Crippen molar-refractivity contribution in [3.05, 3.63) is 11.1 Å². The van der Waals surface area contributed by atoms with E-state index in [-0.39, 0.29) is 12.1 Å². The molecule has 0 spiro atoms. The van der Waals surface area contributed by atoms with Crippen molar-refractivity contribution < 1.29 is 19.1 Å². The Balaban J connectivity index is 0.00000322. The number of unbranched alkanes of at least 4 members (excludes halogenated alkanes) is 14. The molecule has 0 atom stereocenters. The number of rotatable bonds is 19. The predicted molar refractivity (Wildman–Crippen MR) is 137 cm³/mol. The maximum Gasteiger partial charge on any atom is 0.373 e. The number of hydrogen-bond acceptors (Lipinski definition) is 7. The zero-order valence-electron chi connectivity index (χ0n) is 20.9. The van der Waals surface area contributed by atoms with Gasteiger partial charge < -0.3 is 16.2 Å². The van der Waals surface area contributed by atoms with E-state index in [4.69, 9.17) is 25.8 Å². The van der Waals surface area contributed by atoms with Crippen LogP contribution in [-0.2, 0) is 20.7 Å². The zero-order chi connectivity index (χ0) is 24.7. The van der Waals surface area contributed by atoms with Crippen LogP contribution in [0.2, 0.25) is 0 Å². The molecule has 190 valence electrons. The molecule has 0 saturated heterocycles. The number of ether oxygens (including phenoxy) is 1. The predicted octanol–water partition coefficient (Wildman–Crippen LogP) is 7.31. The third kappa shape index (κ3) is 15.6. The molecular formula is C26H46N2O4S. The van der Waals surface area contributed by atoms with Crippen LogP contribution in [0.4, 0.5) is 10.0 Å². The second kappa shape index (κ2) is 22.0. The van der Waals surface area contributed by atoms with Gasteiger partial charge in [0.05, 0.1) is 17.2 Å². The summed E-state index contributed by atoms with van der Waals surface area (Å²) in [6.45, 7) is 4.96. The lowest BCUT2D eigenvalue weighted by atomic mass is 10.0. The molecule has 0 aliphatic carbocycles. The van der Waals surface area contributed by atoms with Crippen molar-refractivity contribution >= 4 is 33.5 Å². The maximum absolute atomic E-state index is 12.6. The minimum absolute atomic E-state index is 0.250. The summed E-state index contributed by atoms with van der Waals surface area (Å²) >= 11 is 1.31. The van der Waals surface area contributed by atoms with Gasteiger partial charge in [-0.1, -0.05) is 104 Å². The number of esters is 1. The van der Waals surface area contributed by atoms with Crippen LogP contribution >= 0.6 is 11.3 Å². The number of carbonyl (C=O) groups excluding carboxylic acids is 3. The van der Waals surface area contributed by atoms with Crippen molar-refractivity contribution in [3.8, 4) is 0 Å². The van der Waals surface area contributed by atoms with Crippen molar-refractivity contribution in [3.63, 3.8) is 0 Å². The number of carbonyl (C=O) groups is 1. The normalized spacial score (nSPS) is 10.4. The highest BCUT2D eigenvalue weighted by Gasteiger charge is 2.22. The van der Waals surface area contributed by atoms with Gasteiger partial charge in [0.25, 0.3) is 0 Å². The Hall–Kier alpha value is -1.85. The average Bonchev–Trinajstić information content (AvgIpc) is 3.07. The first kappa shape index (κ1) is 31.1. The average molecular weight is 483 g/mol. The fourth-order valence-corrected chi connectivity index (χ4v) is 4.76. The maximum atomic E-state index is 12.6. The van der Waals surface area contributed by atoms with Gasteiger partial charge in [-0.25, -0.2) is 4.79 Å². The molecule has 1 rings (SSSR count). The summed E-state index contributed by atoms with van der Waals surface area (Å²) in [5.41, 5.74) is 13.7. The van der Waals surface area contributed by atoms with E-state index in [1.807, 2.05) is 0 Å². The molecule has 0 aliphatic rings. The van der Waals surface area contributed by atoms with E-state index >= 15 is 0 Å². The molecule has 1 aromatic rings. The van der Waals surface area contributed by atoms with Gasteiger partial charge in [0, 0.05) is 5.56 Å². The van der Waals surface area contributed by atoms with Crippen LogP contribution in [0, 0.1) is 0 Å². The molecule has 4 N–H and O–H groups in total. The molecule has 0 aromatic carbocycles. The monoisotopic (exact) mass is 482 g/mol. The smallest absolute Gasteiger partial charge is 0.373 e. The Morgan fingerprint density at radius 3 is 1.64 bits per heavy atom. The third-order valence-electron chi connectivity index (χ3n) is 5.78. The minimum atomic E-state index is -0.294. The summed E-state index contributed by atoms with van der Waals surface area (Å²) in [5, 5.41) is 1.18. The van der Waals surface area contributed by atoms with Crippen molar-refractivity contribution in [2.24, 2.45) is 0 Å². The lowest BCUT2D eigenvalue weighted by Crippen LogP contribution is -2.10. The van der Waals surface area contributed by atoms with Gasteiger partial charge in [0.15, 0.2) is 0 Å². The molecule has 33 heavy (non-hydrogen) atoms. The van der Waals surface area contributed by atoms with Crippen LogP contribution in [0.15, 0.2) is 0 Å². The second-order valence-electron chi connectivity index (χ2n) is 8.60. The summed E-state index contributed by atoms with van der Waals surface area (Å²) in [4.78, 5) is 28.8. The Kier molecular flexibility index (Phi) is 20.7. The number of hydrogen-bond donors (Lipinski definition) is 2. The quantitative estimate of drug-likeness (QED) is 0.158. The largest absolute Gasteiger partial charge is 0.462 e. The molecule has 6 nitrogen and oxygen atoms in total. The first-order chi connectivity index (χ1) is 16.0. The van der Waals surface area contributed by atoms with Crippen LogP contribution in [0.5, 0.6) is 0 Å². The standard InChI is InChI=1S/C25H46N2O2S.CO2/c1-3-5-7-9-11-13-15-17-19-21-22(24(27)30-23(21)26)25(28)29-20-18-16-14-12-10-8-6-4-2;2-1-3/h3-20,26-27H2,1-2H3;. The summed E-state index contributed by atoms with van der Waals surface area (Å²) in [6.07, 6.45) is 21.0. The van der Waals surface area contributed by atoms with Crippen LogP contribution in [-0.4, -0.2) is 18.7 Å². The van der Waals surface area contributed by atoms with Gasteiger partial charge in [-0.05, 0) is 19.3 Å². The highest BCUT2D eigenvalue weighted by atomic mass is 32.1. The molecule has 1 aromatic heterocycles. The summed E-state index contributed by atoms with van der Waals surface area (Å²) in [7, 11) is 0. The fraction of sp³-hybridized carbons (Fsp3) is 0.769. The van der Waals surface area contributed by atoms with E-state index in [1.54, 1.807) is 0 Å². The minimum Gasteiger partial charge on any atom is -0.462 e. The van der Waals surface area contributed by atoms with Crippen molar-refractivity contribution in [1.82, 2.24) is 0 Å². The van der Waals surface area contributed by atoms with E-state index in [0.29, 0.717) is 22.2 Å². The molecule has 7 heteroatoms. The molecular weight excluding hydrogens is 436 g/mol. The Morgan fingerprint density at radius 1 is 0.727 bits per heavy atom. The summed E-state index contributed by atoms with van der Waals surface area (Å²) in [5.74, 6) is -0.294. The fourth-order valence-electron chi connectivity index (χ4n) is 3.88. The van der Waals surface area contributed by atoms with Crippen molar-refractivity contribution in [1.29, 1.82) is 0 Å². The molecule has 0 radical (unpaired) electrons. The first-order valence-electron chi connectivity index (χ1n) is 12.9.